The molecule has 0 spiro atoms. The second-order valence-electron chi connectivity index (χ2n) is 6.43. The van der Waals surface area contributed by atoms with Crippen molar-refractivity contribution in [3.05, 3.63) is 53.9 Å². The Morgan fingerprint density at radius 1 is 1.15 bits per heavy atom. The van der Waals surface area contributed by atoms with Gasteiger partial charge in [0.25, 0.3) is 5.91 Å². The summed E-state index contributed by atoms with van der Waals surface area (Å²) >= 11 is 0. The summed E-state index contributed by atoms with van der Waals surface area (Å²) in [6, 6.07) is 2.81. The van der Waals surface area contributed by atoms with Crippen molar-refractivity contribution in [2.45, 2.75) is 39.0 Å². The van der Waals surface area contributed by atoms with Gasteiger partial charge in [0, 0.05) is 31.2 Å². The van der Waals surface area contributed by atoms with Gasteiger partial charge in [-0.25, -0.2) is 9.97 Å². The number of hydrogen-bond donors (Lipinski definition) is 1. The van der Waals surface area contributed by atoms with Crippen molar-refractivity contribution in [2.75, 3.05) is 6.61 Å². The van der Waals surface area contributed by atoms with Crippen LogP contribution in [0.1, 0.15) is 36.8 Å². The van der Waals surface area contributed by atoms with E-state index in [1.54, 1.807) is 0 Å². The lowest BCUT2D eigenvalue weighted by Gasteiger charge is -2.20. The van der Waals surface area contributed by atoms with Crippen molar-refractivity contribution in [3.63, 3.8) is 0 Å². The van der Waals surface area contributed by atoms with Crippen molar-refractivity contribution in [1.29, 1.82) is 0 Å². The van der Waals surface area contributed by atoms with Gasteiger partial charge in [-0.2, -0.15) is 13.2 Å². The second-order valence-corrected chi connectivity index (χ2v) is 6.43. The molecule has 0 aliphatic heterocycles. The molecule has 0 saturated carbocycles. The lowest BCUT2D eigenvalue weighted by Crippen LogP contribution is -2.24. The summed E-state index contributed by atoms with van der Waals surface area (Å²) in [6.07, 6.45) is 1.07. The first-order chi connectivity index (χ1) is 12.4. The van der Waals surface area contributed by atoms with Gasteiger partial charge in [0.05, 0.1) is 6.20 Å². The zero-order chi connectivity index (χ0) is 20.5. The van der Waals surface area contributed by atoms with Crippen LogP contribution in [0.4, 0.5) is 13.2 Å². The molecular formula is C17H21F3N5O2-. The third-order valence-electron chi connectivity index (χ3n) is 2.43. The highest BCUT2D eigenvalue weighted by molar-refractivity contribution is 5.91. The largest absolute Gasteiger partial charge is 0.673 e. The van der Waals surface area contributed by atoms with Gasteiger partial charge < -0.3 is 15.8 Å². The standard InChI is InChI=1S/C13H11F3N4O2.C4H10N/c14-13(15,16)8-22-11-2-1-9(5-19-11)6-20-12(21)10-7-17-3-4-18-10;1-4(2,3)5/h1-5,7H,6,8H2,(H,20,21);5H,1-3H3/q;-1. The number of hydrogen-bond acceptors (Lipinski definition) is 5. The fourth-order valence-corrected chi connectivity index (χ4v) is 1.45. The minimum atomic E-state index is -4.41. The number of carbonyl (C=O) groups is 1. The average molecular weight is 384 g/mol. The van der Waals surface area contributed by atoms with Gasteiger partial charge in [-0.3, -0.25) is 9.78 Å². The normalized spacial score (nSPS) is 11.2. The zero-order valence-electron chi connectivity index (χ0n) is 15.2. The van der Waals surface area contributed by atoms with Crippen LogP contribution >= 0.6 is 0 Å². The van der Waals surface area contributed by atoms with Gasteiger partial charge in [0.2, 0.25) is 5.88 Å². The number of amides is 1. The average Bonchev–Trinajstić information content (AvgIpc) is 2.57. The van der Waals surface area contributed by atoms with Crippen LogP contribution in [0, 0.1) is 0 Å². The molecule has 0 atom stereocenters. The van der Waals surface area contributed by atoms with Crippen LogP contribution in [0.5, 0.6) is 5.88 Å². The maximum atomic E-state index is 12.0. The van der Waals surface area contributed by atoms with Crippen LogP contribution in [0.15, 0.2) is 36.9 Å². The molecule has 148 valence electrons. The molecule has 0 aliphatic carbocycles. The minimum Gasteiger partial charge on any atom is -0.673 e. The summed E-state index contributed by atoms with van der Waals surface area (Å²) < 4.78 is 40.4. The quantitative estimate of drug-likeness (QED) is 0.849. The van der Waals surface area contributed by atoms with Crippen molar-refractivity contribution in [1.82, 2.24) is 20.3 Å². The summed E-state index contributed by atoms with van der Waals surface area (Å²) in [5.41, 5.74) is 7.46. The monoisotopic (exact) mass is 384 g/mol. The SMILES string of the molecule is CC(C)(C)[NH-].O=C(NCc1ccc(OCC(F)(F)F)nc1)c1cnccn1. The molecule has 10 heteroatoms. The first-order valence-corrected chi connectivity index (χ1v) is 7.88. The molecule has 2 aromatic heterocycles. The molecule has 27 heavy (non-hydrogen) atoms. The Morgan fingerprint density at radius 3 is 2.30 bits per heavy atom. The van der Waals surface area contributed by atoms with E-state index in [4.69, 9.17) is 5.73 Å². The van der Waals surface area contributed by atoms with Gasteiger partial charge in [0.15, 0.2) is 6.61 Å². The van der Waals surface area contributed by atoms with Crippen molar-refractivity contribution < 1.29 is 22.7 Å². The van der Waals surface area contributed by atoms with E-state index in [0.29, 0.717) is 5.56 Å². The zero-order valence-corrected chi connectivity index (χ0v) is 15.2. The van der Waals surface area contributed by atoms with Crippen LogP contribution in [-0.4, -0.2) is 39.2 Å². The molecule has 2 aromatic rings. The summed E-state index contributed by atoms with van der Waals surface area (Å²) in [4.78, 5) is 23.0. The Labute approximate surface area is 155 Å². The summed E-state index contributed by atoms with van der Waals surface area (Å²) in [5, 5.41) is 2.59. The molecule has 0 saturated heterocycles. The van der Waals surface area contributed by atoms with Crippen molar-refractivity contribution >= 4 is 5.91 Å². The maximum absolute atomic E-state index is 12.0. The Balaban J connectivity index is 0.000000646. The van der Waals surface area contributed by atoms with E-state index < -0.39 is 18.7 Å². The number of alkyl halides is 3. The third kappa shape index (κ3) is 11.5. The highest BCUT2D eigenvalue weighted by atomic mass is 19.4. The molecule has 0 aliphatic rings. The summed E-state index contributed by atoms with van der Waals surface area (Å²) in [5.74, 6) is -0.549. The Hall–Kier alpha value is -2.75. The van der Waals surface area contributed by atoms with Gasteiger partial charge in [-0.1, -0.05) is 26.8 Å². The van der Waals surface area contributed by atoms with Gasteiger partial charge in [-0.05, 0) is 5.56 Å². The molecule has 0 fully saturated rings. The van der Waals surface area contributed by atoms with Crippen LogP contribution < -0.4 is 10.1 Å². The molecule has 2 heterocycles. The summed E-state index contributed by atoms with van der Waals surface area (Å²) in [6.45, 7) is 4.32. The molecule has 0 bridgehead atoms. The number of rotatable bonds is 5. The first kappa shape index (κ1) is 22.3. The fourth-order valence-electron chi connectivity index (χ4n) is 1.45. The van der Waals surface area contributed by atoms with E-state index in [9.17, 15) is 18.0 Å². The van der Waals surface area contributed by atoms with Crippen molar-refractivity contribution in [3.8, 4) is 5.88 Å². The third-order valence-corrected chi connectivity index (χ3v) is 2.43. The van der Waals surface area contributed by atoms with Gasteiger partial charge in [-0.15, -0.1) is 5.54 Å². The molecule has 0 radical (unpaired) electrons. The van der Waals surface area contributed by atoms with E-state index in [0.717, 1.165) is 0 Å². The fraction of sp³-hybridized carbons (Fsp3) is 0.412. The van der Waals surface area contributed by atoms with Gasteiger partial charge >= 0.3 is 6.18 Å². The highest BCUT2D eigenvalue weighted by Crippen LogP contribution is 2.17. The molecular weight excluding hydrogens is 363 g/mol. The highest BCUT2D eigenvalue weighted by Gasteiger charge is 2.28. The number of pyridine rings is 1. The maximum Gasteiger partial charge on any atom is 0.422 e. The van der Waals surface area contributed by atoms with Crippen LogP contribution in [0.3, 0.4) is 0 Å². The van der Waals surface area contributed by atoms with Crippen LogP contribution in [0.2, 0.25) is 0 Å². The first-order valence-electron chi connectivity index (χ1n) is 7.88. The van der Waals surface area contributed by atoms with Crippen molar-refractivity contribution in [2.24, 2.45) is 0 Å². The number of nitrogens with zero attached hydrogens (tertiary/aromatic N) is 3. The topological polar surface area (TPSA) is 101 Å². The Morgan fingerprint density at radius 2 is 1.81 bits per heavy atom. The van der Waals surface area contributed by atoms with E-state index in [1.807, 2.05) is 20.8 Å². The molecule has 2 N–H and O–H groups in total. The smallest absolute Gasteiger partial charge is 0.422 e. The lowest BCUT2D eigenvalue weighted by molar-refractivity contribution is -0.154. The number of ether oxygens (including phenoxy) is 1. The molecule has 2 rings (SSSR count). The summed E-state index contributed by atoms with van der Waals surface area (Å²) in [7, 11) is 0. The van der Waals surface area contributed by atoms with E-state index >= 15 is 0 Å². The lowest BCUT2D eigenvalue weighted by atomic mass is 10.1. The number of halogens is 3. The van der Waals surface area contributed by atoms with E-state index in [1.165, 1.54) is 36.9 Å². The second kappa shape index (κ2) is 9.81. The van der Waals surface area contributed by atoms with Gasteiger partial charge in [0.1, 0.15) is 5.69 Å². The Kier molecular flexibility index (Phi) is 8.10. The predicted molar refractivity (Wildman–Crippen MR) is 93.1 cm³/mol. The van der Waals surface area contributed by atoms with E-state index in [-0.39, 0.29) is 23.7 Å². The van der Waals surface area contributed by atoms with E-state index in [2.05, 4.69) is 25.0 Å². The minimum absolute atomic E-state index is 0.138. The number of carbonyl (C=O) groups excluding carboxylic acids is 1. The Bertz CT molecular complexity index is 695. The molecule has 1 amide bonds. The van der Waals surface area contributed by atoms with Crippen LogP contribution in [-0.2, 0) is 6.54 Å². The molecule has 7 nitrogen and oxygen atoms in total. The number of aromatic nitrogens is 3. The van der Waals surface area contributed by atoms with Crippen LogP contribution in [0.25, 0.3) is 5.73 Å². The number of nitrogens with one attached hydrogen (secondary N) is 2. The predicted octanol–water partition coefficient (Wildman–Crippen LogP) is 3.58. The molecule has 0 aromatic carbocycles. The molecule has 0 unspecified atom stereocenters.